The van der Waals surface area contributed by atoms with Crippen LogP contribution in [0.5, 0.6) is 5.75 Å². The summed E-state index contributed by atoms with van der Waals surface area (Å²) in [6.45, 7) is 1.68. The van der Waals surface area contributed by atoms with E-state index in [1.807, 2.05) is 18.2 Å². The standard InChI is InChI=1S/C17H17N5O3/c1-12(25-15-6-4-3-5-7-15)16(23)18-13-8-10-14(11-9-13)22-17(24)21(2)19-20-22/h3-12H,1-2H3,(H,18,23). The van der Waals surface area contributed by atoms with Gasteiger partial charge in [0.1, 0.15) is 5.75 Å². The first kappa shape index (κ1) is 16.4. The van der Waals surface area contributed by atoms with Crippen LogP contribution in [0, 0.1) is 0 Å². The molecule has 3 aromatic rings. The van der Waals surface area contributed by atoms with E-state index < -0.39 is 6.10 Å². The first-order chi connectivity index (χ1) is 12.0. The summed E-state index contributed by atoms with van der Waals surface area (Å²) in [6.07, 6.45) is -0.648. The van der Waals surface area contributed by atoms with Crippen molar-refractivity contribution in [3.63, 3.8) is 0 Å². The van der Waals surface area contributed by atoms with Gasteiger partial charge in [0.15, 0.2) is 6.10 Å². The molecule has 0 saturated carbocycles. The third-order valence-electron chi connectivity index (χ3n) is 3.53. The summed E-state index contributed by atoms with van der Waals surface area (Å²) in [5, 5.41) is 10.2. The van der Waals surface area contributed by atoms with Crippen LogP contribution in [0.2, 0.25) is 0 Å². The Morgan fingerprint density at radius 1 is 1.08 bits per heavy atom. The van der Waals surface area contributed by atoms with Crippen molar-refractivity contribution < 1.29 is 9.53 Å². The lowest BCUT2D eigenvalue weighted by Crippen LogP contribution is -2.30. The summed E-state index contributed by atoms with van der Waals surface area (Å²) in [6, 6.07) is 15.9. The minimum Gasteiger partial charge on any atom is -0.481 e. The van der Waals surface area contributed by atoms with Crippen molar-refractivity contribution in [3.8, 4) is 11.4 Å². The SMILES string of the molecule is CC(Oc1ccccc1)C(=O)Nc1ccc(-n2nnn(C)c2=O)cc1. The number of para-hydroxylation sites is 1. The number of benzene rings is 2. The molecule has 0 radical (unpaired) electrons. The lowest BCUT2D eigenvalue weighted by Gasteiger charge is -2.14. The predicted molar refractivity (Wildman–Crippen MR) is 91.8 cm³/mol. The van der Waals surface area contributed by atoms with E-state index >= 15 is 0 Å². The van der Waals surface area contributed by atoms with E-state index in [0.29, 0.717) is 17.1 Å². The van der Waals surface area contributed by atoms with Crippen molar-refractivity contribution in [1.82, 2.24) is 19.8 Å². The molecule has 25 heavy (non-hydrogen) atoms. The third kappa shape index (κ3) is 3.74. The fraction of sp³-hybridized carbons (Fsp3) is 0.176. The molecule has 3 rings (SSSR count). The summed E-state index contributed by atoms with van der Waals surface area (Å²) in [4.78, 5) is 24.0. The van der Waals surface area contributed by atoms with Gasteiger partial charge in [-0.15, -0.1) is 0 Å². The van der Waals surface area contributed by atoms with E-state index in [9.17, 15) is 9.59 Å². The van der Waals surface area contributed by atoms with Crippen molar-refractivity contribution in [2.24, 2.45) is 7.05 Å². The Kier molecular flexibility index (Phi) is 4.60. The molecule has 0 bridgehead atoms. The van der Waals surface area contributed by atoms with Gasteiger partial charge < -0.3 is 10.1 Å². The van der Waals surface area contributed by atoms with Crippen LogP contribution >= 0.6 is 0 Å². The van der Waals surface area contributed by atoms with Crippen LogP contribution in [-0.2, 0) is 11.8 Å². The predicted octanol–water partition coefficient (Wildman–Crippen LogP) is 1.37. The highest BCUT2D eigenvalue weighted by Gasteiger charge is 2.15. The van der Waals surface area contributed by atoms with E-state index in [2.05, 4.69) is 15.7 Å². The first-order valence-electron chi connectivity index (χ1n) is 7.66. The number of rotatable bonds is 5. The number of hydrogen-bond donors (Lipinski definition) is 1. The fourth-order valence-electron chi connectivity index (χ4n) is 2.16. The summed E-state index contributed by atoms with van der Waals surface area (Å²) < 4.78 is 7.89. The van der Waals surface area contributed by atoms with Crippen LogP contribution in [-0.4, -0.2) is 31.8 Å². The van der Waals surface area contributed by atoms with Gasteiger partial charge in [-0.3, -0.25) is 4.79 Å². The molecule has 1 atom stereocenters. The van der Waals surface area contributed by atoms with Gasteiger partial charge in [0.25, 0.3) is 5.91 Å². The normalized spacial score (nSPS) is 11.8. The average Bonchev–Trinajstić information content (AvgIpc) is 2.95. The molecular weight excluding hydrogens is 322 g/mol. The van der Waals surface area contributed by atoms with Gasteiger partial charge in [0.2, 0.25) is 0 Å². The number of nitrogens with one attached hydrogen (secondary N) is 1. The highest BCUT2D eigenvalue weighted by atomic mass is 16.5. The minimum atomic E-state index is -0.648. The molecule has 2 aromatic carbocycles. The summed E-state index contributed by atoms with van der Waals surface area (Å²) in [5.41, 5.74) is 0.806. The third-order valence-corrected chi connectivity index (χ3v) is 3.53. The molecule has 1 aromatic heterocycles. The molecule has 0 spiro atoms. The van der Waals surface area contributed by atoms with Gasteiger partial charge in [-0.05, 0) is 53.7 Å². The largest absolute Gasteiger partial charge is 0.481 e. The Balaban J connectivity index is 1.66. The van der Waals surface area contributed by atoms with E-state index in [1.54, 1.807) is 43.3 Å². The second kappa shape index (κ2) is 7.00. The van der Waals surface area contributed by atoms with Gasteiger partial charge in [0.05, 0.1) is 5.69 Å². The zero-order chi connectivity index (χ0) is 17.8. The van der Waals surface area contributed by atoms with Crippen molar-refractivity contribution in [2.75, 3.05) is 5.32 Å². The van der Waals surface area contributed by atoms with Crippen molar-refractivity contribution in [3.05, 3.63) is 65.1 Å². The van der Waals surface area contributed by atoms with Gasteiger partial charge in [-0.1, -0.05) is 18.2 Å². The lowest BCUT2D eigenvalue weighted by atomic mass is 10.2. The molecule has 0 aliphatic heterocycles. The van der Waals surface area contributed by atoms with Gasteiger partial charge in [-0.2, -0.15) is 9.36 Å². The smallest absolute Gasteiger partial charge is 0.368 e. The maximum atomic E-state index is 12.2. The molecule has 0 aliphatic rings. The molecule has 0 aliphatic carbocycles. The molecule has 1 unspecified atom stereocenters. The second-order valence-electron chi connectivity index (χ2n) is 5.41. The van der Waals surface area contributed by atoms with Crippen molar-refractivity contribution in [2.45, 2.75) is 13.0 Å². The molecule has 1 amide bonds. The Morgan fingerprint density at radius 3 is 2.36 bits per heavy atom. The molecular formula is C17H17N5O3. The van der Waals surface area contributed by atoms with E-state index in [4.69, 9.17) is 4.74 Å². The zero-order valence-corrected chi connectivity index (χ0v) is 13.8. The van der Waals surface area contributed by atoms with Crippen molar-refractivity contribution >= 4 is 11.6 Å². The van der Waals surface area contributed by atoms with Gasteiger partial charge in [0, 0.05) is 12.7 Å². The second-order valence-corrected chi connectivity index (χ2v) is 5.41. The number of anilines is 1. The number of tetrazole rings is 1. The monoisotopic (exact) mass is 339 g/mol. The van der Waals surface area contributed by atoms with E-state index in [1.165, 1.54) is 11.7 Å². The summed E-state index contributed by atoms with van der Waals surface area (Å²) >= 11 is 0. The highest BCUT2D eigenvalue weighted by molar-refractivity contribution is 5.94. The topological polar surface area (TPSA) is 91.0 Å². The van der Waals surface area contributed by atoms with Gasteiger partial charge >= 0.3 is 5.69 Å². The molecule has 1 N–H and O–H groups in total. The van der Waals surface area contributed by atoms with Crippen LogP contribution in [0.4, 0.5) is 5.69 Å². The maximum Gasteiger partial charge on any atom is 0.368 e. The summed E-state index contributed by atoms with van der Waals surface area (Å²) in [5.74, 6) is 0.357. The number of aryl methyl sites for hydroxylation is 1. The lowest BCUT2D eigenvalue weighted by molar-refractivity contribution is -0.122. The van der Waals surface area contributed by atoms with E-state index in [-0.39, 0.29) is 11.6 Å². The number of amides is 1. The Labute approximate surface area is 143 Å². The van der Waals surface area contributed by atoms with Crippen LogP contribution in [0.3, 0.4) is 0 Å². The molecule has 128 valence electrons. The van der Waals surface area contributed by atoms with Gasteiger partial charge in [-0.25, -0.2) is 4.79 Å². The van der Waals surface area contributed by atoms with Crippen LogP contribution in [0.1, 0.15) is 6.92 Å². The number of ether oxygens (including phenoxy) is 1. The van der Waals surface area contributed by atoms with Crippen LogP contribution in [0.25, 0.3) is 5.69 Å². The number of carbonyl (C=O) groups excluding carboxylic acids is 1. The molecule has 1 heterocycles. The first-order valence-corrected chi connectivity index (χ1v) is 7.66. The molecule has 8 nitrogen and oxygen atoms in total. The molecule has 0 fully saturated rings. The quantitative estimate of drug-likeness (QED) is 0.758. The Hall–Kier alpha value is -3.42. The van der Waals surface area contributed by atoms with Crippen LogP contribution < -0.4 is 15.7 Å². The number of nitrogens with zero attached hydrogens (tertiary/aromatic N) is 4. The number of aromatic nitrogens is 4. The zero-order valence-electron chi connectivity index (χ0n) is 13.8. The Morgan fingerprint density at radius 2 is 1.76 bits per heavy atom. The fourth-order valence-corrected chi connectivity index (χ4v) is 2.16. The molecule has 0 saturated heterocycles. The number of carbonyl (C=O) groups is 1. The number of hydrogen-bond acceptors (Lipinski definition) is 5. The maximum absolute atomic E-state index is 12.2. The average molecular weight is 339 g/mol. The Bertz CT molecular complexity index is 915. The summed E-state index contributed by atoms with van der Waals surface area (Å²) in [7, 11) is 1.52. The minimum absolute atomic E-state index is 0.270. The molecule has 8 heteroatoms. The van der Waals surface area contributed by atoms with Crippen molar-refractivity contribution in [1.29, 1.82) is 0 Å². The van der Waals surface area contributed by atoms with Crippen LogP contribution in [0.15, 0.2) is 59.4 Å². The highest BCUT2D eigenvalue weighted by Crippen LogP contribution is 2.14. The van der Waals surface area contributed by atoms with E-state index in [0.717, 1.165) is 4.68 Å².